The molecule has 0 spiro atoms. The van der Waals surface area contributed by atoms with Crippen LogP contribution >= 0.6 is 0 Å². The minimum Gasteiger partial charge on any atom is -0.330 e. The monoisotopic (exact) mass is 220 g/mol. The Labute approximate surface area is 97.0 Å². The summed E-state index contributed by atoms with van der Waals surface area (Å²) in [7, 11) is 0. The zero-order chi connectivity index (χ0) is 12.1. The van der Waals surface area contributed by atoms with Crippen LogP contribution in [0.2, 0.25) is 0 Å². The molecule has 0 saturated carbocycles. The average Bonchev–Trinajstić information content (AvgIpc) is 2.23. The highest BCUT2D eigenvalue weighted by Crippen LogP contribution is 2.14. The van der Waals surface area contributed by atoms with Crippen LogP contribution in [0.4, 0.5) is 5.69 Å². The predicted octanol–water partition coefficient (Wildman–Crippen LogP) is 2.23. The third-order valence-corrected chi connectivity index (χ3v) is 2.73. The number of carbonyl (C=O) groups excluding carboxylic acids is 1. The number of anilines is 1. The minimum absolute atomic E-state index is 0.0289. The molecule has 1 rings (SSSR count). The van der Waals surface area contributed by atoms with E-state index in [-0.39, 0.29) is 11.8 Å². The number of nitrogens with one attached hydrogen (secondary N) is 1. The van der Waals surface area contributed by atoms with Gasteiger partial charge < -0.3 is 11.1 Å². The van der Waals surface area contributed by atoms with Gasteiger partial charge in [-0.2, -0.15) is 0 Å². The van der Waals surface area contributed by atoms with Crippen LogP contribution in [0.5, 0.6) is 0 Å². The van der Waals surface area contributed by atoms with E-state index in [4.69, 9.17) is 5.73 Å². The van der Waals surface area contributed by atoms with E-state index in [1.165, 1.54) is 11.1 Å². The number of carbonyl (C=O) groups is 1. The first-order valence-corrected chi connectivity index (χ1v) is 5.60. The molecule has 0 aliphatic carbocycles. The van der Waals surface area contributed by atoms with Gasteiger partial charge in [-0.25, -0.2) is 0 Å². The molecular weight excluding hydrogens is 200 g/mol. The van der Waals surface area contributed by atoms with Crippen LogP contribution in [0.3, 0.4) is 0 Å². The Morgan fingerprint density at radius 1 is 1.38 bits per heavy atom. The summed E-state index contributed by atoms with van der Waals surface area (Å²) in [6, 6.07) is 5.92. The topological polar surface area (TPSA) is 55.1 Å². The van der Waals surface area contributed by atoms with Crippen molar-refractivity contribution in [2.75, 3.05) is 11.9 Å². The van der Waals surface area contributed by atoms with E-state index in [0.29, 0.717) is 13.0 Å². The number of hydrogen-bond acceptors (Lipinski definition) is 2. The van der Waals surface area contributed by atoms with Gasteiger partial charge in [0.05, 0.1) is 0 Å². The van der Waals surface area contributed by atoms with Crippen molar-refractivity contribution in [1.82, 2.24) is 0 Å². The normalized spacial score (nSPS) is 12.2. The fourth-order valence-electron chi connectivity index (χ4n) is 1.43. The Morgan fingerprint density at radius 3 is 2.62 bits per heavy atom. The molecule has 16 heavy (non-hydrogen) atoms. The number of benzene rings is 1. The molecule has 1 unspecified atom stereocenters. The van der Waals surface area contributed by atoms with E-state index in [0.717, 1.165) is 5.69 Å². The summed E-state index contributed by atoms with van der Waals surface area (Å²) in [4.78, 5) is 11.6. The molecule has 0 saturated heterocycles. The van der Waals surface area contributed by atoms with Crippen LogP contribution in [0.25, 0.3) is 0 Å². The number of aryl methyl sites for hydroxylation is 2. The van der Waals surface area contributed by atoms with Crippen LogP contribution in [-0.4, -0.2) is 12.5 Å². The van der Waals surface area contributed by atoms with Crippen LogP contribution in [-0.2, 0) is 4.79 Å². The van der Waals surface area contributed by atoms with Crippen molar-refractivity contribution in [3.8, 4) is 0 Å². The van der Waals surface area contributed by atoms with Crippen LogP contribution < -0.4 is 11.1 Å². The van der Waals surface area contributed by atoms with Gasteiger partial charge in [0.1, 0.15) is 0 Å². The number of amides is 1. The third-order valence-electron chi connectivity index (χ3n) is 2.73. The molecule has 1 amide bonds. The SMILES string of the molecule is Cc1ccc(NC(=O)CC(C)CN)cc1C. The standard InChI is InChI=1S/C13H20N2O/c1-9(8-14)6-13(16)15-12-5-4-10(2)11(3)7-12/h4-5,7,9H,6,8,14H2,1-3H3,(H,15,16). The average molecular weight is 220 g/mol. The molecule has 0 aliphatic rings. The highest BCUT2D eigenvalue weighted by molar-refractivity contribution is 5.90. The molecule has 3 N–H and O–H groups in total. The Kier molecular flexibility index (Phi) is 4.50. The lowest BCUT2D eigenvalue weighted by Crippen LogP contribution is -2.20. The maximum atomic E-state index is 11.6. The van der Waals surface area contributed by atoms with Gasteiger partial charge in [-0.15, -0.1) is 0 Å². The van der Waals surface area contributed by atoms with Crippen LogP contribution in [0.15, 0.2) is 18.2 Å². The smallest absolute Gasteiger partial charge is 0.224 e. The zero-order valence-corrected chi connectivity index (χ0v) is 10.2. The fourth-order valence-corrected chi connectivity index (χ4v) is 1.43. The van der Waals surface area contributed by atoms with E-state index < -0.39 is 0 Å². The highest BCUT2D eigenvalue weighted by Gasteiger charge is 2.07. The lowest BCUT2D eigenvalue weighted by molar-refractivity contribution is -0.116. The third kappa shape index (κ3) is 3.66. The first kappa shape index (κ1) is 12.7. The second kappa shape index (κ2) is 5.66. The van der Waals surface area contributed by atoms with Gasteiger partial charge in [0.2, 0.25) is 5.91 Å². The molecule has 0 aromatic heterocycles. The molecule has 1 atom stereocenters. The summed E-state index contributed by atoms with van der Waals surface area (Å²) < 4.78 is 0. The summed E-state index contributed by atoms with van der Waals surface area (Å²) in [5.41, 5.74) is 8.75. The Bertz CT molecular complexity index is 374. The van der Waals surface area contributed by atoms with E-state index >= 15 is 0 Å². The first-order valence-electron chi connectivity index (χ1n) is 5.60. The molecular formula is C13H20N2O. The first-order chi connectivity index (χ1) is 7.52. The molecule has 0 bridgehead atoms. The minimum atomic E-state index is 0.0289. The van der Waals surface area contributed by atoms with Crippen molar-refractivity contribution in [2.45, 2.75) is 27.2 Å². The molecule has 1 aromatic carbocycles. The van der Waals surface area contributed by atoms with E-state index in [1.807, 2.05) is 32.0 Å². The van der Waals surface area contributed by atoms with Gasteiger partial charge in [-0.05, 0) is 49.6 Å². The maximum Gasteiger partial charge on any atom is 0.224 e. The van der Waals surface area contributed by atoms with Gasteiger partial charge in [-0.3, -0.25) is 4.79 Å². The van der Waals surface area contributed by atoms with Crippen molar-refractivity contribution < 1.29 is 4.79 Å². The Balaban J connectivity index is 2.59. The molecule has 0 heterocycles. The number of rotatable bonds is 4. The van der Waals surface area contributed by atoms with E-state index in [2.05, 4.69) is 12.2 Å². The van der Waals surface area contributed by atoms with Crippen molar-refractivity contribution in [3.63, 3.8) is 0 Å². The van der Waals surface area contributed by atoms with E-state index in [9.17, 15) is 4.79 Å². The highest BCUT2D eigenvalue weighted by atomic mass is 16.1. The Morgan fingerprint density at radius 2 is 2.06 bits per heavy atom. The van der Waals surface area contributed by atoms with Gasteiger partial charge >= 0.3 is 0 Å². The van der Waals surface area contributed by atoms with Crippen molar-refractivity contribution in [3.05, 3.63) is 29.3 Å². The van der Waals surface area contributed by atoms with Crippen LogP contribution in [0.1, 0.15) is 24.5 Å². The molecule has 88 valence electrons. The zero-order valence-electron chi connectivity index (χ0n) is 10.2. The number of nitrogens with two attached hydrogens (primary N) is 1. The summed E-state index contributed by atoms with van der Waals surface area (Å²) in [6.07, 6.45) is 0.476. The van der Waals surface area contributed by atoms with Gasteiger partial charge in [0.15, 0.2) is 0 Å². The second-order valence-corrected chi connectivity index (χ2v) is 4.39. The fraction of sp³-hybridized carbons (Fsp3) is 0.462. The van der Waals surface area contributed by atoms with Crippen molar-refractivity contribution in [2.24, 2.45) is 11.7 Å². The second-order valence-electron chi connectivity index (χ2n) is 4.39. The lowest BCUT2D eigenvalue weighted by Gasteiger charge is -2.10. The molecule has 0 aliphatic heterocycles. The van der Waals surface area contributed by atoms with Crippen molar-refractivity contribution >= 4 is 11.6 Å². The quantitative estimate of drug-likeness (QED) is 0.817. The summed E-state index contributed by atoms with van der Waals surface area (Å²) in [5, 5.41) is 2.88. The largest absolute Gasteiger partial charge is 0.330 e. The van der Waals surface area contributed by atoms with Crippen molar-refractivity contribution in [1.29, 1.82) is 0 Å². The van der Waals surface area contributed by atoms with Gasteiger partial charge in [-0.1, -0.05) is 13.0 Å². The molecule has 0 fully saturated rings. The number of hydrogen-bond donors (Lipinski definition) is 2. The predicted molar refractivity (Wildman–Crippen MR) is 67.4 cm³/mol. The molecule has 0 radical (unpaired) electrons. The van der Waals surface area contributed by atoms with E-state index in [1.54, 1.807) is 0 Å². The van der Waals surface area contributed by atoms with Gasteiger partial charge in [0.25, 0.3) is 0 Å². The lowest BCUT2D eigenvalue weighted by atomic mass is 10.1. The molecule has 3 nitrogen and oxygen atoms in total. The summed E-state index contributed by atoms with van der Waals surface area (Å²) in [5.74, 6) is 0.257. The van der Waals surface area contributed by atoms with Crippen LogP contribution in [0, 0.1) is 19.8 Å². The molecule has 1 aromatic rings. The Hall–Kier alpha value is -1.35. The summed E-state index contributed by atoms with van der Waals surface area (Å²) >= 11 is 0. The maximum absolute atomic E-state index is 11.6. The molecule has 3 heteroatoms. The summed E-state index contributed by atoms with van der Waals surface area (Å²) in [6.45, 7) is 6.60. The van der Waals surface area contributed by atoms with Gasteiger partial charge in [0, 0.05) is 12.1 Å².